The number of benzene rings is 1. The van der Waals surface area contributed by atoms with E-state index in [0.717, 1.165) is 5.56 Å². The number of nitrogens with two attached hydrogens (primary N) is 2. The van der Waals surface area contributed by atoms with E-state index in [-0.39, 0.29) is 11.4 Å². The van der Waals surface area contributed by atoms with Crippen molar-refractivity contribution in [2.24, 2.45) is 11.5 Å². The fourth-order valence-electron chi connectivity index (χ4n) is 1.80. The second kappa shape index (κ2) is 5.54. The van der Waals surface area contributed by atoms with Crippen LogP contribution < -0.4 is 16.2 Å². The Morgan fingerprint density at radius 3 is 2.75 bits per heavy atom. The van der Waals surface area contributed by atoms with Crippen molar-refractivity contribution in [2.45, 2.75) is 13.5 Å². The highest BCUT2D eigenvalue weighted by atomic mass is 16.5. The molecule has 0 spiro atoms. The Hall–Kier alpha value is -2.67. The van der Waals surface area contributed by atoms with E-state index in [1.54, 1.807) is 18.2 Å². The molecule has 0 saturated carbocycles. The first kappa shape index (κ1) is 13.8. The van der Waals surface area contributed by atoms with Gasteiger partial charge in [-0.05, 0) is 17.7 Å². The Labute approximate surface area is 115 Å². The Morgan fingerprint density at radius 2 is 2.15 bits per heavy atom. The summed E-state index contributed by atoms with van der Waals surface area (Å²) in [6, 6.07) is 7.16. The van der Waals surface area contributed by atoms with Crippen molar-refractivity contribution in [2.75, 3.05) is 0 Å². The lowest BCUT2D eigenvalue weighted by molar-refractivity contribution is -0.131. The summed E-state index contributed by atoms with van der Waals surface area (Å²) < 4.78 is 6.24. The summed E-state index contributed by atoms with van der Waals surface area (Å²) >= 11 is 0. The Morgan fingerprint density at radius 1 is 1.40 bits per heavy atom. The van der Waals surface area contributed by atoms with E-state index in [0.29, 0.717) is 12.2 Å². The lowest BCUT2D eigenvalue weighted by Gasteiger charge is -2.07. The standard InChI is InChI=1S/C13H14N4O3/c1-8(18)20-11-7-16-17(12(11)13(15)19)10-4-2-3-9(5-10)6-14/h2-5,7H,6,14H2,1H3,(H2,15,19). The van der Waals surface area contributed by atoms with Gasteiger partial charge in [-0.15, -0.1) is 0 Å². The van der Waals surface area contributed by atoms with Gasteiger partial charge in [-0.1, -0.05) is 12.1 Å². The van der Waals surface area contributed by atoms with Gasteiger partial charge < -0.3 is 16.2 Å². The van der Waals surface area contributed by atoms with Crippen LogP contribution >= 0.6 is 0 Å². The first-order valence-corrected chi connectivity index (χ1v) is 5.88. The van der Waals surface area contributed by atoms with E-state index in [9.17, 15) is 9.59 Å². The zero-order valence-electron chi connectivity index (χ0n) is 10.9. The van der Waals surface area contributed by atoms with Crippen LogP contribution in [0.1, 0.15) is 23.0 Å². The average Bonchev–Trinajstić information content (AvgIpc) is 2.81. The molecule has 0 unspecified atom stereocenters. The zero-order chi connectivity index (χ0) is 14.7. The summed E-state index contributed by atoms with van der Waals surface area (Å²) in [7, 11) is 0. The summed E-state index contributed by atoms with van der Waals surface area (Å²) in [5.41, 5.74) is 12.4. The molecule has 104 valence electrons. The summed E-state index contributed by atoms with van der Waals surface area (Å²) in [4.78, 5) is 22.6. The second-order valence-electron chi connectivity index (χ2n) is 4.10. The van der Waals surface area contributed by atoms with E-state index in [1.807, 2.05) is 6.07 Å². The molecule has 1 aromatic heterocycles. The largest absolute Gasteiger partial charge is 0.422 e. The minimum atomic E-state index is -0.739. The van der Waals surface area contributed by atoms with Gasteiger partial charge in [0.1, 0.15) is 0 Å². The van der Waals surface area contributed by atoms with Gasteiger partial charge in [-0.2, -0.15) is 5.10 Å². The molecule has 4 N–H and O–H groups in total. The first-order valence-electron chi connectivity index (χ1n) is 5.88. The molecule has 0 saturated heterocycles. The van der Waals surface area contributed by atoms with E-state index in [4.69, 9.17) is 16.2 Å². The third-order valence-electron chi connectivity index (χ3n) is 2.61. The highest BCUT2D eigenvalue weighted by molar-refractivity contribution is 5.95. The third kappa shape index (κ3) is 2.67. The molecule has 0 atom stereocenters. The molecule has 20 heavy (non-hydrogen) atoms. The summed E-state index contributed by atoms with van der Waals surface area (Å²) in [5, 5.41) is 4.03. The van der Waals surface area contributed by atoms with E-state index in [1.165, 1.54) is 17.8 Å². The van der Waals surface area contributed by atoms with Crippen molar-refractivity contribution < 1.29 is 14.3 Å². The number of carbonyl (C=O) groups is 2. The number of aromatic nitrogens is 2. The Kier molecular flexibility index (Phi) is 3.81. The molecule has 0 aliphatic carbocycles. The molecule has 7 heteroatoms. The number of esters is 1. The summed E-state index contributed by atoms with van der Waals surface area (Å²) in [6.07, 6.45) is 1.27. The van der Waals surface area contributed by atoms with Gasteiger partial charge in [0.15, 0.2) is 11.4 Å². The monoisotopic (exact) mass is 274 g/mol. The van der Waals surface area contributed by atoms with Crippen LogP contribution in [-0.4, -0.2) is 21.7 Å². The van der Waals surface area contributed by atoms with Gasteiger partial charge in [0.05, 0.1) is 11.9 Å². The van der Waals surface area contributed by atoms with Gasteiger partial charge in [0.25, 0.3) is 5.91 Å². The highest BCUT2D eigenvalue weighted by Gasteiger charge is 2.20. The van der Waals surface area contributed by atoms with Crippen molar-refractivity contribution in [3.05, 3.63) is 41.7 Å². The molecule has 1 amide bonds. The van der Waals surface area contributed by atoms with Crippen molar-refractivity contribution in [3.63, 3.8) is 0 Å². The van der Waals surface area contributed by atoms with Crippen LogP contribution in [0.15, 0.2) is 30.5 Å². The Bertz CT molecular complexity index is 663. The van der Waals surface area contributed by atoms with Crippen LogP contribution in [0.4, 0.5) is 0 Å². The topological polar surface area (TPSA) is 113 Å². The number of carbonyl (C=O) groups excluding carboxylic acids is 2. The summed E-state index contributed by atoms with van der Waals surface area (Å²) in [5.74, 6) is -1.26. The maximum absolute atomic E-state index is 11.6. The molecule has 2 rings (SSSR count). The molecular weight excluding hydrogens is 260 g/mol. The molecule has 0 fully saturated rings. The van der Waals surface area contributed by atoms with Gasteiger partial charge in [0.2, 0.25) is 0 Å². The molecule has 0 radical (unpaired) electrons. The van der Waals surface area contributed by atoms with Crippen molar-refractivity contribution in [3.8, 4) is 11.4 Å². The number of amides is 1. The number of hydrogen-bond acceptors (Lipinski definition) is 5. The molecule has 2 aromatic rings. The fourth-order valence-corrected chi connectivity index (χ4v) is 1.80. The lowest BCUT2D eigenvalue weighted by atomic mass is 10.2. The van der Waals surface area contributed by atoms with Crippen molar-refractivity contribution in [1.29, 1.82) is 0 Å². The van der Waals surface area contributed by atoms with Crippen LogP contribution in [0.3, 0.4) is 0 Å². The number of primary amides is 1. The molecule has 0 bridgehead atoms. The molecular formula is C13H14N4O3. The summed E-state index contributed by atoms with van der Waals surface area (Å²) in [6.45, 7) is 1.59. The molecule has 1 aromatic carbocycles. The number of ether oxygens (including phenoxy) is 1. The van der Waals surface area contributed by atoms with E-state index in [2.05, 4.69) is 5.10 Å². The number of nitrogens with zero attached hydrogens (tertiary/aromatic N) is 2. The third-order valence-corrected chi connectivity index (χ3v) is 2.61. The number of rotatable bonds is 4. The Balaban J connectivity index is 2.53. The van der Waals surface area contributed by atoms with Crippen LogP contribution in [0, 0.1) is 0 Å². The smallest absolute Gasteiger partial charge is 0.308 e. The fraction of sp³-hybridized carbons (Fsp3) is 0.154. The van der Waals surface area contributed by atoms with Gasteiger partial charge in [-0.25, -0.2) is 4.68 Å². The minimum absolute atomic E-state index is 0.00868. The van der Waals surface area contributed by atoms with Crippen LogP contribution in [0.5, 0.6) is 5.75 Å². The highest BCUT2D eigenvalue weighted by Crippen LogP contribution is 2.22. The molecule has 0 aliphatic rings. The second-order valence-corrected chi connectivity index (χ2v) is 4.10. The normalized spacial score (nSPS) is 10.3. The maximum atomic E-state index is 11.6. The van der Waals surface area contributed by atoms with Gasteiger partial charge in [0, 0.05) is 13.5 Å². The predicted octanol–water partition coefficient (Wildman–Crippen LogP) is 0.355. The lowest BCUT2D eigenvalue weighted by Crippen LogP contribution is -2.18. The molecule has 7 nitrogen and oxygen atoms in total. The first-order chi connectivity index (χ1) is 9.52. The average molecular weight is 274 g/mol. The molecule has 1 heterocycles. The zero-order valence-corrected chi connectivity index (χ0v) is 10.9. The molecule has 0 aliphatic heterocycles. The van der Waals surface area contributed by atoms with Crippen molar-refractivity contribution in [1.82, 2.24) is 9.78 Å². The SMILES string of the molecule is CC(=O)Oc1cnn(-c2cccc(CN)c2)c1C(N)=O. The maximum Gasteiger partial charge on any atom is 0.308 e. The minimum Gasteiger partial charge on any atom is -0.422 e. The van der Waals surface area contributed by atoms with E-state index < -0.39 is 11.9 Å². The van der Waals surface area contributed by atoms with Gasteiger partial charge >= 0.3 is 5.97 Å². The van der Waals surface area contributed by atoms with E-state index >= 15 is 0 Å². The van der Waals surface area contributed by atoms with Crippen LogP contribution in [0.2, 0.25) is 0 Å². The van der Waals surface area contributed by atoms with Gasteiger partial charge in [-0.3, -0.25) is 9.59 Å². The quantitative estimate of drug-likeness (QED) is 0.781. The van der Waals surface area contributed by atoms with Crippen LogP contribution in [0.25, 0.3) is 5.69 Å². The van der Waals surface area contributed by atoms with Crippen LogP contribution in [-0.2, 0) is 11.3 Å². The van der Waals surface area contributed by atoms with Crippen molar-refractivity contribution >= 4 is 11.9 Å². The predicted molar refractivity (Wildman–Crippen MR) is 71.3 cm³/mol. The number of hydrogen-bond donors (Lipinski definition) is 2.